The lowest BCUT2D eigenvalue weighted by Gasteiger charge is -2.03. The van der Waals surface area contributed by atoms with Crippen LogP contribution in [0.25, 0.3) is 0 Å². The summed E-state index contributed by atoms with van der Waals surface area (Å²) in [7, 11) is 3.71. The van der Waals surface area contributed by atoms with E-state index in [1.165, 1.54) is 6.08 Å². The van der Waals surface area contributed by atoms with E-state index in [9.17, 15) is 4.79 Å². The largest absolute Gasteiger partial charge is 0.462 e. The number of nitrogens with zero attached hydrogens (tertiary/aromatic N) is 1. The van der Waals surface area contributed by atoms with Gasteiger partial charge in [-0.15, -0.1) is 0 Å². The molecule has 0 aliphatic rings. The van der Waals surface area contributed by atoms with E-state index in [0.717, 1.165) is 12.8 Å². The van der Waals surface area contributed by atoms with Crippen molar-refractivity contribution in [1.29, 1.82) is 0 Å². The van der Waals surface area contributed by atoms with Crippen molar-refractivity contribution >= 4 is 5.97 Å². The molecule has 0 aliphatic heterocycles. The number of unbranched alkanes of at least 4 members (excludes halogenated alkanes) is 1. The molecule has 0 bridgehead atoms. The number of hydrogen-bond acceptors (Lipinski definition) is 3. The molecule has 0 aromatic heterocycles. The molecule has 0 unspecified atom stereocenters. The van der Waals surface area contributed by atoms with Gasteiger partial charge in [0, 0.05) is 26.4 Å². The molecule has 0 rings (SSSR count). The zero-order valence-corrected chi connectivity index (χ0v) is 8.04. The molecule has 0 amide bonds. The number of esters is 1. The first-order valence-corrected chi connectivity index (χ1v) is 4.18. The van der Waals surface area contributed by atoms with Crippen LogP contribution >= 0.6 is 0 Å². The van der Waals surface area contributed by atoms with Gasteiger partial charge in [0.15, 0.2) is 0 Å². The average molecular weight is 171 g/mol. The molecule has 0 aromatic rings. The van der Waals surface area contributed by atoms with E-state index < -0.39 is 0 Å². The minimum atomic E-state index is -0.267. The molecule has 0 atom stereocenters. The molecule has 0 saturated heterocycles. The van der Waals surface area contributed by atoms with Crippen LogP contribution in [0.5, 0.6) is 0 Å². The van der Waals surface area contributed by atoms with Gasteiger partial charge in [-0.1, -0.05) is 13.3 Å². The van der Waals surface area contributed by atoms with E-state index in [1.807, 2.05) is 14.1 Å². The first kappa shape index (κ1) is 11.0. The van der Waals surface area contributed by atoms with Gasteiger partial charge in [-0.05, 0) is 6.42 Å². The molecule has 0 fully saturated rings. The highest BCUT2D eigenvalue weighted by atomic mass is 16.5. The van der Waals surface area contributed by atoms with E-state index in [0.29, 0.717) is 6.61 Å². The summed E-state index contributed by atoms with van der Waals surface area (Å²) < 4.78 is 4.88. The molecule has 0 radical (unpaired) electrons. The van der Waals surface area contributed by atoms with Crippen LogP contribution in [-0.4, -0.2) is 31.6 Å². The van der Waals surface area contributed by atoms with Crippen LogP contribution in [0, 0.1) is 0 Å². The third-order valence-electron chi connectivity index (χ3n) is 1.25. The molecular formula is C9H17NO2. The Morgan fingerprint density at radius 2 is 2.17 bits per heavy atom. The highest BCUT2D eigenvalue weighted by molar-refractivity contribution is 5.81. The quantitative estimate of drug-likeness (QED) is 0.356. The molecule has 0 saturated carbocycles. The lowest BCUT2D eigenvalue weighted by Crippen LogP contribution is -2.06. The van der Waals surface area contributed by atoms with Crippen molar-refractivity contribution in [3.8, 4) is 0 Å². The van der Waals surface area contributed by atoms with Crippen LogP contribution in [0.15, 0.2) is 12.3 Å². The Balaban J connectivity index is 3.46. The predicted molar refractivity (Wildman–Crippen MR) is 48.7 cm³/mol. The maximum atomic E-state index is 10.9. The Morgan fingerprint density at radius 3 is 2.67 bits per heavy atom. The second kappa shape index (κ2) is 6.70. The predicted octanol–water partition coefficient (Wildman–Crippen LogP) is 1.41. The lowest BCUT2D eigenvalue weighted by molar-refractivity contribution is -0.137. The summed E-state index contributed by atoms with van der Waals surface area (Å²) in [6, 6.07) is 0. The summed E-state index contributed by atoms with van der Waals surface area (Å²) in [5.74, 6) is -0.267. The Labute approximate surface area is 74.0 Å². The van der Waals surface area contributed by atoms with Crippen LogP contribution in [0.3, 0.4) is 0 Å². The zero-order chi connectivity index (χ0) is 9.40. The van der Waals surface area contributed by atoms with Gasteiger partial charge in [0.25, 0.3) is 0 Å². The van der Waals surface area contributed by atoms with Crippen molar-refractivity contribution in [2.45, 2.75) is 19.8 Å². The first-order chi connectivity index (χ1) is 5.66. The monoisotopic (exact) mass is 171 g/mol. The van der Waals surface area contributed by atoms with Gasteiger partial charge in [0.05, 0.1) is 6.61 Å². The van der Waals surface area contributed by atoms with Gasteiger partial charge in [0.1, 0.15) is 0 Å². The minimum absolute atomic E-state index is 0.267. The summed E-state index contributed by atoms with van der Waals surface area (Å²) in [5.41, 5.74) is 0. The molecule has 0 N–H and O–H groups in total. The number of ether oxygens (including phenoxy) is 1. The normalized spacial score (nSPS) is 10.2. The van der Waals surface area contributed by atoms with Gasteiger partial charge in [-0.3, -0.25) is 0 Å². The highest BCUT2D eigenvalue weighted by Crippen LogP contribution is 1.89. The molecule has 3 nitrogen and oxygen atoms in total. The van der Waals surface area contributed by atoms with E-state index in [4.69, 9.17) is 4.74 Å². The lowest BCUT2D eigenvalue weighted by atomic mass is 10.4. The molecule has 3 heteroatoms. The molecule has 0 aliphatic carbocycles. The van der Waals surface area contributed by atoms with Crippen molar-refractivity contribution in [3.05, 3.63) is 12.3 Å². The molecule has 0 aromatic carbocycles. The summed E-state index contributed by atoms with van der Waals surface area (Å²) in [6.07, 6.45) is 5.08. The van der Waals surface area contributed by atoms with Crippen LogP contribution in [0.4, 0.5) is 0 Å². The van der Waals surface area contributed by atoms with E-state index >= 15 is 0 Å². The van der Waals surface area contributed by atoms with E-state index in [2.05, 4.69) is 6.92 Å². The highest BCUT2D eigenvalue weighted by Gasteiger charge is 1.94. The fraction of sp³-hybridized carbons (Fsp3) is 0.667. The van der Waals surface area contributed by atoms with Gasteiger partial charge >= 0.3 is 5.97 Å². The number of rotatable bonds is 5. The van der Waals surface area contributed by atoms with E-state index in [-0.39, 0.29) is 5.97 Å². The summed E-state index contributed by atoms with van der Waals surface area (Å²) >= 11 is 0. The van der Waals surface area contributed by atoms with Crippen LogP contribution in [0.2, 0.25) is 0 Å². The van der Waals surface area contributed by atoms with Crippen LogP contribution in [-0.2, 0) is 9.53 Å². The van der Waals surface area contributed by atoms with Crippen molar-refractivity contribution < 1.29 is 9.53 Å². The Bertz CT molecular complexity index is 153. The van der Waals surface area contributed by atoms with Crippen LogP contribution < -0.4 is 0 Å². The average Bonchev–Trinajstić information content (AvgIpc) is 2.01. The number of carbonyl (C=O) groups is 1. The Morgan fingerprint density at radius 1 is 1.50 bits per heavy atom. The van der Waals surface area contributed by atoms with Gasteiger partial charge in [-0.2, -0.15) is 0 Å². The van der Waals surface area contributed by atoms with E-state index in [1.54, 1.807) is 11.1 Å². The van der Waals surface area contributed by atoms with Crippen molar-refractivity contribution in [2.24, 2.45) is 0 Å². The smallest absolute Gasteiger partial charge is 0.332 e. The maximum absolute atomic E-state index is 10.9. The number of hydrogen-bond donors (Lipinski definition) is 0. The molecular weight excluding hydrogens is 154 g/mol. The Hall–Kier alpha value is -0.990. The topological polar surface area (TPSA) is 29.5 Å². The maximum Gasteiger partial charge on any atom is 0.332 e. The van der Waals surface area contributed by atoms with Crippen molar-refractivity contribution in [1.82, 2.24) is 4.90 Å². The molecule has 0 spiro atoms. The summed E-state index contributed by atoms with van der Waals surface area (Å²) in [6.45, 7) is 2.58. The van der Waals surface area contributed by atoms with Crippen molar-refractivity contribution in [3.63, 3.8) is 0 Å². The van der Waals surface area contributed by atoms with Gasteiger partial charge in [-0.25, -0.2) is 4.79 Å². The SMILES string of the molecule is CCCCOC(=O)C=CN(C)C. The third-order valence-corrected chi connectivity index (χ3v) is 1.25. The second-order valence-corrected chi connectivity index (χ2v) is 2.80. The molecule has 70 valence electrons. The van der Waals surface area contributed by atoms with Crippen molar-refractivity contribution in [2.75, 3.05) is 20.7 Å². The van der Waals surface area contributed by atoms with Gasteiger partial charge < -0.3 is 9.64 Å². The fourth-order valence-electron chi connectivity index (χ4n) is 0.575. The minimum Gasteiger partial charge on any atom is -0.462 e. The summed E-state index contributed by atoms with van der Waals surface area (Å²) in [5, 5.41) is 0. The summed E-state index contributed by atoms with van der Waals surface area (Å²) in [4.78, 5) is 12.7. The first-order valence-electron chi connectivity index (χ1n) is 4.18. The standard InChI is InChI=1S/C9H17NO2/c1-4-5-8-12-9(11)6-7-10(2)3/h6-7H,4-5,8H2,1-3H3. The molecule has 0 heterocycles. The fourth-order valence-corrected chi connectivity index (χ4v) is 0.575. The second-order valence-electron chi connectivity index (χ2n) is 2.80. The Kier molecular flexibility index (Phi) is 6.15. The zero-order valence-electron chi connectivity index (χ0n) is 8.04. The number of carbonyl (C=O) groups excluding carboxylic acids is 1. The third kappa shape index (κ3) is 7.12. The van der Waals surface area contributed by atoms with Crippen LogP contribution in [0.1, 0.15) is 19.8 Å². The van der Waals surface area contributed by atoms with Gasteiger partial charge in [0.2, 0.25) is 0 Å². The molecule has 12 heavy (non-hydrogen) atoms.